The molecule has 0 amide bonds. The summed E-state index contributed by atoms with van der Waals surface area (Å²) in [5.41, 5.74) is 1.70. The van der Waals surface area contributed by atoms with Gasteiger partial charge in [-0.2, -0.15) is 8.78 Å². The lowest BCUT2D eigenvalue weighted by Gasteiger charge is -2.33. The van der Waals surface area contributed by atoms with E-state index in [4.69, 9.17) is 0 Å². The minimum atomic E-state index is -2.99. The first kappa shape index (κ1) is 18.1. The highest BCUT2D eigenvalue weighted by Gasteiger charge is 2.44. The maximum absolute atomic E-state index is 15.1. The predicted octanol–water partition coefficient (Wildman–Crippen LogP) is 3.79. The van der Waals surface area contributed by atoms with E-state index >= 15 is 8.78 Å². The van der Waals surface area contributed by atoms with Gasteiger partial charge in [0.05, 0.1) is 18.8 Å². The molecule has 1 atom stereocenters. The minimum absolute atomic E-state index is 0.0189. The van der Waals surface area contributed by atoms with Crippen molar-refractivity contribution in [2.75, 3.05) is 13.6 Å². The molecule has 0 bridgehead atoms. The van der Waals surface area contributed by atoms with Gasteiger partial charge in [-0.1, -0.05) is 17.7 Å². The third-order valence-electron chi connectivity index (χ3n) is 5.32. The molecule has 1 aromatic carbocycles. The average molecular weight is 371 g/mol. The zero-order chi connectivity index (χ0) is 19.4. The summed E-state index contributed by atoms with van der Waals surface area (Å²) in [6.45, 7) is 3.77. The molecule has 1 N–H and O–H groups in total. The molecule has 4 rings (SSSR count). The van der Waals surface area contributed by atoms with Crippen molar-refractivity contribution < 1.29 is 13.9 Å². The van der Waals surface area contributed by atoms with Crippen LogP contribution in [0.5, 0.6) is 0 Å². The number of aromatic nitrogens is 2. The maximum Gasteiger partial charge on any atom is 0.300 e. The first-order chi connectivity index (χ1) is 12.7. The number of hydrogen-bond donors (Lipinski definition) is 1. The van der Waals surface area contributed by atoms with Crippen molar-refractivity contribution in [3.63, 3.8) is 0 Å². The van der Waals surface area contributed by atoms with Crippen LogP contribution in [0.2, 0.25) is 0 Å². The summed E-state index contributed by atoms with van der Waals surface area (Å²) in [5, 5.41) is 11.9. The van der Waals surface area contributed by atoms with Gasteiger partial charge in [0.25, 0.3) is 0 Å². The van der Waals surface area contributed by atoms with E-state index in [1.54, 1.807) is 48.0 Å². The Hall–Kier alpha value is -2.31. The summed E-state index contributed by atoms with van der Waals surface area (Å²) >= 11 is 0. The second-order valence-corrected chi connectivity index (χ2v) is 7.83. The smallest absolute Gasteiger partial charge is 0.300 e. The second kappa shape index (κ2) is 6.11. The Bertz CT molecular complexity index is 996. The lowest BCUT2D eigenvalue weighted by molar-refractivity contribution is -0.0554. The Morgan fingerprint density at radius 1 is 1.30 bits per heavy atom. The fourth-order valence-electron chi connectivity index (χ4n) is 4.10. The summed E-state index contributed by atoms with van der Waals surface area (Å²) < 4.78 is 31.7. The lowest BCUT2D eigenvalue weighted by Crippen LogP contribution is -2.40. The predicted molar refractivity (Wildman–Crippen MR) is 101 cm³/mol. The Kier molecular flexibility index (Phi) is 4.09. The molecule has 0 fully saturated rings. The number of alkyl halides is 2. The maximum atomic E-state index is 15.1. The van der Waals surface area contributed by atoms with Crippen LogP contribution in [0.25, 0.3) is 10.9 Å². The number of likely N-dealkylation sites (N-methyl/N-ethyl adjacent to an activating group) is 1. The molecule has 4 nitrogen and oxygen atoms in total. The van der Waals surface area contributed by atoms with E-state index in [0.717, 1.165) is 16.5 Å². The summed E-state index contributed by atoms with van der Waals surface area (Å²) in [6, 6.07) is 9.25. The SMILES string of the molecule is Cc1ccc2c(c1)c1c(n2CC(C)(O)c2cccnc2)C(F)(F)CN(C)C1. The van der Waals surface area contributed by atoms with E-state index in [1.807, 2.05) is 25.1 Å². The highest BCUT2D eigenvalue weighted by atomic mass is 19.3. The number of halogens is 2. The molecule has 0 radical (unpaired) electrons. The van der Waals surface area contributed by atoms with E-state index in [-0.39, 0.29) is 18.8 Å². The van der Waals surface area contributed by atoms with Crippen LogP contribution in [0.4, 0.5) is 8.78 Å². The number of hydrogen-bond acceptors (Lipinski definition) is 3. The fraction of sp³-hybridized carbons (Fsp3) is 0.381. The third kappa shape index (κ3) is 3.03. The van der Waals surface area contributed by atoms with E-state index in [1.165, 1.54) is 0 Å². The molecular formula is C21H23F2N3O. The topological polar surface area (TPSA) is 41.3 Å². The minimum Gasteiger partial charge on any atom is -0.384 e. The van der Waals surface area contributed by atoms with Gasteiger partial charge in [-0.25, -0.2) is 0 Å². The number of benzene rings is 1. The number of pyridine rings is 1. The second-order valence-electron chi connectivity index (χ2n) is 7.83. The number of aryl methyl sites for hydroxylation is 1. The first-order valence-electron chi connectivity index (χ1n) is 9.00. The molecule has 27 heavy (non-hydrogen) atoms. The van der Waals surface area contributed by atoms with Crippen LogP contribution in [0.3, 0.4) is 0 Å². The number of rotatable bonds is 3. The van der Waals surface area contributed by atoms with Gasteiger partial charge >= 0.3 is 5.92 Å². The highest BCUT2D eigenvalue weighted by molar-refractivity contribution is 5.87. The van der Waals surface area contributed by atoms with Crippen molar-refractivity contribution in [3.8, 4) is 0 Å². The first-order valence-corrected chi connectivity index (χ1v) is 9.00. The average Bonchev–Trinajstić information content (AvgIpc) is 2.88. The van der Waals surface area contributed by atoms with E-state index < -0.39 is 11.5 Å². The molecule has 3 aromatic rings. The molecule has 0 saturated heterocycles. The van der Waals surface area contributed by atoms with E-state index in [0.29, 0.717) is 17.7 Å². The van der Waals surface area contributed by atoms with Crippen LogP contribution in [-0.4, -0.2) is 33.1 Å². The number of fused-ring (bicyclic) bond motifs is 3. The Morgan fingerprint density at radius 3 is 2.78 bits per heavy atom. The highest BCUT2D eigenvalue weighted by Crippen LogP contribution is 2.43. The van der Waals surface area contributed by atoms with Gasteiger partial charge in [-0.3, -0.25) is 9.88 Å². The molecule has 1 aliphatic heterocycles. The summed E-state index contributed by atoms with van der Waals surface area (Å²) in [7, 11) is 1.71. The standard InChI is InChI=1S/C21H23F2N3O/c1-14-6-7-18-16(9-14)17-11-25(3)13-21(22,23)19(17)26(18)12-20(2,27)15-5-4-8-24-10-15/h4-10,27H,11-13H2,1-3H3. The normalized spacial score (nSPS) is 19.0. The van der Waals surface area contributed by atoms with Crippen LogP contribution >= 0.6 is 0 Å². The monoisotopic (exact) mass is 371 g/mol. The van der Waals surface area contributed by atoms with Gasteiger partial charge < -0.3 is 9.67 Å². The van der Waals surface area contributed by atoms with Gasteiger partial charge in [0.15, 0.2) is 0 Å². The molecule has 3 heterocycles. The van der Waals surface area contributed by atoms with Crippen molar-refractivity contribution in [2.45, 2.75) is 38.5 Å². The quantitative estimate of drug-likeness (QED) is 0.762. The van der Waals surface area contributed by atoms with Gasteiger partial charge in [0, 0.05) is 41.0 Å². The number of aliphatic hydroxyl groups is 1. The van der Waals surface area contributed by atoms with Crippen molar-refractivity contribution >= 4 is 10.9 Å². The third-order valence-corrected chi connectivity index (χ3v) is 5.32. The van der Waals surface area contributed by atoms with Crippen molar-refractivity contribution in [2.24, 2.45) is 0 Å². The lowest BCUT2D eigenvalue weighted by atomic mass is 9.97. The van der Waals surface area contributed by atoms with E-state index in [9.17, 15) is 5.11 Å². The van der Waals surface area contributed by atoms with Gasteiger partial charge in [-0.05, 0) is 39.1 Å². The van der Waals surface area contributed by atoms with Crippen molar-refractivity contribution in [1.29, 1.82) is 0 Å². The Balaban J connectivity index is 1.93. The zero-order valence-electron chi connectivity index (χ0n) is 15.7. The van der Waals surface area contributed by atoms with Crippen LogP contribution in [-0.2, 0) is 24.6 Å². The van der Waals surface area contributed by atoms with Gasteiger partial charge in [0.2, 0.25) is 0 Å². The molecule has 6 heteroatoms. The van der Waals surface area contributed by atoms with E-state index in [2.05, 4.69) is 4.98 Å². The molecule has 1 unspecified atom stereocenters. The Labute approximate surface area is 157 Å². The molecule has 0 spiro atoms. The summed E-state index contributed by atoms with van der Waals surface area (Å²) in [5.74, 6) is -2.99. The van der Waals surface area contributed by atoms with Crippen LogP contribution < -0.4 is 0 Å². The zero-order valence-corrected chi connectivity index (χ0v) is 15.7. The molecule has 0 aliphatic carbocycles. The van der Waals surface area contributed by atoms with Crippen molar-refractivity contribution in [3.05, 3.63) is 65.1 Å². The van der Waals surface area contributed by atoms with Crippen molar-refractivity contribution in [1.82, 2.24) is 14.5 Å². The summed E-state index contributed by atoms with van der Waals surface area (Å²) in [4.78, 5) is 5.70. The summed E-state index contributed by atoms with van der Waals surface area (Å²) in [6.07, 6.45) is 3.20. The van der Waals surface area contributed by atoms with Crippen LogP contribution in [0.15, 0.2) is 42.7 Å². The molecule has 1 aliphatic rings. The molecule has 0 saturated carbocycles. The van der Waals surface area contributed by atoms with Crippen LogP contribution in [0, 0.1) is 6.92 Å². The fourth-order valence-corrected chi connectivity index (χ4v) is 4.10. The molecule has 2 aromatic heterocycles. The molecular weight excluding hydrogens is 348 g/mol. The largest absolute Gasteiger partial charge is 0.384 e. The number of nitrogens with zero attached hydrogens (tertiary/aromatic N) is 3. The van der Waals surface area contributed by atoms with Gasteiger partial charge in [0.1, 0.15) is 5.60 Å². The van der Waals surface area contributed by atoms with Crippen LogP contribution in [0.1, 0.15) is 29.3 Å². The van der Waals surface area contributed by atoms with Gasteiger partial charge in [-0.15, -0.1) is 0 Å². The Morgan fingerprint density at radius 2 is 2.07 bits per heavy atom. The molecule has 142 valence electrons.